The van der Waals surface area contributed by atoms with Crippen LogP contribution in [0.15, 0.2) is 24.3 Å². The minimum atomic E-state index is -0.916. The number of carboxylic acids is 1. The van der Waals surface area contributed by atoms with Gasteiger partial charge in [0.05, 0.1) is 18.8 Å². The maximum absolute atomic E-state index is 10.6. The molecule has 4 heteroatoms. The van der Waals surface area contributed by atoms with Crippen LogP contribution >= 0.6 is 0 Å². The molecule has 2 atom stereocenters. The number of carboxylic acid groups (broad SMARTS) is 1. The molecule has 4 nitrogen and oxygen atoms in total. The summed E-state index contributed by atoms with van der Waals surface area (Å²) in [7, 11) is 0. The molecule has 1 saturated carbocycles. The number of carbonyl (C=O) groups is 1. The van der Waals surface area contributed by atoms with Crippen LogP contribution < -0.4 is 4.90 Å². The minimum absolute atomic E-state index is 0.380. The monoisotopic (exact) mass is 287 g/mol. The predicted octanol–water partition coefficient (Wildman–Crippen LogP) is 2.85. The van der Waals surface area contributed by atoms with Crippen molar-refractivity contribution in [1.29, 1.82) is 0 Å². The van der Waals surface area contributed by atoms with Crippen molar-refractivity contribution < 1.29 is 14.6 Å². The molecule has 1 saturated heterocycles. The van der Waals surface area contributed by atoms with E-state index in [2.05, 4.69) is 17.0 Å². The van der Waals surface area contributed by atoms with Crippen molar-refractivity contribution in [3.8, 4) is 0 Å². The van der Waals surface area contributed by atoms with E-state index in [0.717, 1.165) is 24.3 Å². The number of hydrogen-bond acceptors (Lipinski definition) is 3. The van der Waals surface area contributed by atoms with Crippen molar-refractivity contribution in [2.45, 2.75) is 38.3 Å². The average Bonchev–Trinajstić information content (AvgIpc) is 2.94. The van der Waals surface area contributed by atoms with E-state index in [1.165, 1.54) is 31.0 Å². The van der Waals surface area contributed by atoms with Crippen LogP contribution in [0, 0.1) is 6.92 Å². The highest BCUT2D eigenvalue weighted by atomic mass is 16.5. The van der Waals surface area contributed by atoms with Gasteiger partial charge in [0.1, 0.15) is 0 Å². The van der Waals surface area contributed by atoms with Gasteiger partial charge in [0.25, 0.3) is 0 Å². The van der Waals surface area contributed by atoms with Gasteiger partial charge in [-0.1, -0.05) is 6.07 Å². The van der Waals surface area contributed by atoms with Crippen LogP contribution in [0.1, 0.15) is 30.4 Å². The quantitative estimate of drug-likeness (QED) is 0.869. The van der Waals surface area contributed by atoms with E-state index in [1.54, 1.807) is 6.08 Å². The molecule has 1 heterocycles. The molecule has 112 valence electrons. The van der Waals surface area contributed by atoms with E-state index in [-0.39, 0.29) is 0 Å². The third kappa shape index (κ3) is 2.95. The van der Waals surface area contributed by atoms with Crippen molar-refractivity contribution in [2.24, 2.45) is 0 Å². The summed E-state index contributed by atoms with van der Waals surface area (Å²) in [5.41, 5.74) is 3.28. The number of fused-ring (bicyclic) bond motifs is 1. The third-order valence-corrected chi connectivity index (χ3v) is 4.47. The normalized spacial score (nSPS) is 25.3. The first kappa shape index (κ1) is 14.1. The Morgan fingerprint density at radius 2 is 2.29 bits per heavy atom. The molecule has 0 aromatic heterocycles. The number of rotatable bonds is 3. The lowest BCUT2D eigenvalue weighted by Crippen LogP contribution is -2.48. The number of aliphatic carboxylic acids is 1. The Morgan fingerprint density at radius 1 is 1.43 bits per heavy atom. The van der Waals surface area contributed by atoms with E-state index in [4.69, 9.17) is 9.84 Å². The summed E-state index contributed by atoms with van der Waals surface area (Å²) in [5, 5.41) is 8.72. The number of nitrogens with zero attached hydrogens (tertiary/aromatic N) is 1. The molecule has 1 aliphatic heterocycles. The zero-order valence-electron chi connectivity index (χ0n) is 12.3. The van der Waals surface area contributed by atoms with Crippen LogP contribution in [0.5, 0.6) is 0 Å². The first-order valence-corrected chi connectivity index (χ1v) is 7.55. The molecular weight excluding hydrogens is 266 g/mol. The smallest absolute Gasteiger partial charge is 0.328 e. The van der Waals surface area contributed by atoms with E-state index >= 15 is 0 Å². The molecule has 1 aromatic carbocycles. The summed E-state index contributed by atoms with van der Waals surface area (Å²) in [6.45, 7) is 3.75. The molecule has 2 unspecified atom stereocenters. The number of morpholine rings is 1. The van der Waals surface area contributed by atoms with Crippen LogP contribution in [0.4, 0.5) is 5.69 Å². The van der Waals surface area contributed by atoms with Crippen LogP contribution in [-0.2, 0) is 9.53 Å². The lowest BCUT2D eigenvalue weighted by atomic mass is 10.0. The Kier molecular flexibility index (Phi) is 3.97. The van der Waals surface area contributed by atoms with Crippen molar-refractivity contribution >= 4 is 17.7 Å². The van der Waals surface area contributed by atoms with Crippen LogP contribution in [0.25, 0.3) is 6.08 Å². The average molecular weight is 287 g/mol. The van der Waals surface area contributed by atoms with Gasteiger partial charge in [0.15, 0.2) is 0 Å². The number of ether oxygens (including phenoxy) is 1. The summed E-state index contributed by atoms with van der Waals surface area (Å²) in [6, 6.07) is 6.75. The molecule has 0 spiro atoms. The Balaban J connectivity index is 1.82. The fourth-order valence-electron chi connectivity index (χ4n) is 3.43. The Morgan fingerprint density at radius 3 is 3.05 bits per heavy atom. The van der Waals surface area contributed by atoms with Crippen molar-refractivity contribution in [1.82, 2.24) is 0 Å². The molecular formula is C17H21NO3. The van der Waals surface area contributed by atoms with Gasteiger partial charge >= 0.3 is 5.97 Å². The molecule has 0 amide bonds. The molecule has 2 fully saturated rings. The minimum Gasteiger partial charge on any atom is -0.478 e. The first-order chi connectivity index (χ1) is 10.1. The number of benzene rings is 1. The predicted molar refractivity (Wildman–Crippen MR) is 82.6 cm³/mol. The lowest BCUT2D eigenvalue weighted by molar-refractivity contribution is -0.131. The van der Waals surface area contributed by atoms with Gasteiger partial charge in [-0.25, -0.2) is 4.79 Å². The summed E-state index contributed by atoms with van der Waals surface area (Å²) in [5.74, 6) is -0.916. The van der Waals surface area contributed by atoms with E-state index in [9.17, 15) is 4.79 Å². The highest BCUT2D eigenvalue weighted by molar-refractivity contribution is 5.85. The zero-order chi connectivity index (χ0) is 14.8. The third-order valence-electron chi connectivity index (χ3n) is 4.47. The lowest BCUT2D eigenvalue weighted by Gasteiger charge is -2.39. The maximum Gasteiger partial charge on any atom is 0.328 e. The van der Waals surface area contributed by atoms with Crippen molar-refractivity contribution in [2.75, 3.05) is 18.1 Å². The van der Waals surface area contributed by atoms with Crippen LogP contribution in [0.3, 0.4) is 0 Å². The molecule has 1 N–H and O–H groups in total. The summed E-state index contributed by atoms with van der Waals surface area (Å²) < 4.78 is 5.85. The van der Waals surface area contributed by atoms with Gasteiger partial charge in [-0.05, 0) is 55.5 Å². The van der Waals surface area contributed by atoms with Crippen molar-refractivity contribution in [3.63, 3.8) is 0 Å². The Labute approximate surface area is 125 Å². The molecule has 3 rings (SSSR count). The Bertz CT molecular complexity index is 567. The fourth-order valence-corrected chi connectivity index (χ4v) is 3.43. The molecule has 21 heavy (non-hydrogen) atoms. The highest BCUT2D eigenvalue weighted by Gasteiger charge is 2.36. The molecule has 1 aliphatic carbocycles. The first-order valence-electron chi connectivity index (χ1n) is 7.55. The second-order valence-corrected chi connectivity index (χ2v) is 5.81. The van der Waals surface area contributed by atoms with Crippen LogP contribution in [0.2, 0.25) is 0 Å². The van der Waals surface area contributed by atoms with Crippen LogP contribution in [-0.4, -0.2) is 36.4 Å². The highest BCUT2D eigenvalue weighted by Crippen LogP contribution is 2.33. The largest absolute Gasteiger partial charge is 0.478 e. The summed E-state index contributed by atoms with van der Waals surface area (Å²) in [4.78, 5) is 13.1. The summed E-state index contributed by atoms with van der Waals surface area (Å²) in [6.07, 6.45) is 6.82. The number of anilines is 1. The standard InChI is InChI=1S/C17H21NO3/c1-12-11-14(7-5-13(12)6-8-17(19)20)18-9-10-21-16-4-2-3-15(16)18/h5-8,11,15-16H,2-4,9-10H2,1H3,(H,19,20). The van der Waals surface area contributed by atoms with Gasteiger partial charge in [0, 0.05) is 18.3 Å². The second-order valence-electron chi connectivity index (χ2n) is 5.81. The van der Waals surface area contributed by atoms with Gasteiger partial charge in [-0.2, -0.15) is 0 Å². The molecule has 1 aromatic rings. The fraction of sp³-hybridized carbons (Fsp3) is 0.471. The van der Waals surface area contributed by atoms with E-state index < -0.39 is 5.97 Å². The molecule has 0 bridgehead atoms. The molecule has 2 aliphatic rings. The molecule has 0 radical (unpaired) electrons. The second kappa shape index (κ2) is 5.90. The number of aryl methyl sites for hydroxylation is 1. The number of hydrogen-bond donors (Lipinski definition) is 1. The van der Waals surface area contributed by atoms with Crippen molar-refractivity contribution in [3.05, 3.63) is 35.4 Å². The zero-order valence-corrected chi connectivity index (χ0v) is 12.3. The van der Waals surface area contributed by atoms with Gasteiger partial charge in [-0.3, -0.25) is 0 Å². The van der Waals surface area contributed by atoms with Gasteiger partial charge in [0.2, 0.25) is 0 Å². The van der Waals surface area contributed by atoms with E-state index in [0.29, 0.717) is 12.1 Å². The maximum atomic E-state index is 10.6. The van der Waals surface area contributed by atoms with Gasteiger partial charge in [-0.15, -0.1) is 0 Å². The van der Waals surface area contributed by atoms with Gasteiger partial charge < -0.3 is 14.7 Å². The summed E-state index contributed by atoms with van der Waals surface area (Å²) >= 11 is 0. The Hall–Kier alpha value is -1.81. The topological polar surface area (TPSA) is 49.8 Å². The van der Waals surface area contributed by atoms with E-state index in [1.807, 2.05) is 13.0 Å². The SMILES string of the molecule is Cc1cc(N2CCOC3CCCC32)ccc1C=CC(=O)O.